The van der Waals surface area contributed by atoms with Gasteiger partial charge in [0.05, 0.1) is 33.8 Å². The van der Waals surface area contributed by atoms with Gasteiger partial charge >= 0.3 is 0 Å². The zero-order chi connectivity index (χ0) is 12.7. The molecule has 0 radical (unpaired) electrons. The fourth-order valence-corrected chi connectivity index (χ4v) is 1.42. The van der Waals surface area contributed by atoms with E-state index in [1.807, 2.05) is 19.1 Å². The maximum Gasteiger partial charge on any atom is 0.251 e. The summed E-state index contributed by atoms with van der Waals surface area (Å²) in [4.78, 5) is 13.1. The van der Waals surface area contributed by atoms with Crippen molar-refractivity contribution in [2.24, 2.45) is 0 Å². The van der Waals surface area contributed by atoms with Gasteiger partial charge in [0.25, 0.3) is 5.91 Å². The number of benzene rings is 1. The summed E-state index contributed by atoms with van der Waals surface area (Å²) in [6.45, 7) is 4.12. The van der Waals surface area contributed by atoms with E-state index >= 15 is 0 Å². The minimum Gasteiger partial charge on any atom is -0.494 e. The van der Waals surface area contributed by atoms with Gasteiger partial charge in [0.15, 0.2) is 0 Å². The smallest absolute Gasteiger partial charge is 0.251 e. The maximum atomic E-state index is 11.8. The molecule has 0 saturated carbocycles. The van der Waals surface area contributed by atoms with Crippen molar-refractivity contribution >= 4 is 5.91 Å². The second-order valence-electron chi connectivity index (χ2n) is 4.17. The summed E-state index contributed by atoms with van der Waals surface area (Å²) in [7, 11) is 4.11. The van der Waals surface area contributed by atoms with Crippen LogP contribution < -0.4 is 15.0 Å². The van der Waals surface area contributed by atoms with Gasteiger partial charge in [0.1, 0.15) is 5.75 Å². The Kier molecular flexibility index (Phi) is 5.49. The Morgan fingerprint density at radius 3 is 2.82 bits per heavy atom. The van der Waals surface area contributed by atoms with Crippen molar-refractivity contribution in [1.82, 2.24) is 5.32 Å². The summed E-state index contributed by atoms with van der Waals surface area (Å²) in [5, 5.41) is 2.88. The first kappa shape index (κ1) is 13.5. The average Bonchev–Trinajstić information content (AvgIpc) is 2.29. The Hall–Kier alpha value is -1.55. The number of quaternary nitrogens is 1. The standard InChI is InChI=1S/C13H20N2O2/c1-4-17-12-7-5-6-11(10-12)13(16)14-8-9-15(2)3/h5-7,10H,4,8-9H2,1-3H3,(H,14,16)/p+1. The largest absolute Gasteiger partial charge is 0.494 e. The Labute approximate surface area is 103 Å². The van der Waals surface area contributed by atoms with E-state index < -0.39 is 0 Å². The number of nitrogens with one attached hydrogen (secondary N) is 2. The third kappa shape index (κ3) is 4.87. The lowest BCUT2D eigenvalue weighted by Crippen LogP contribution is -3.06. The lowest BCUT2D eigenvalue weighted by molar-refractivity contribution is -0.856. The van der Waals surface area contributed by atoms with Gasteiger partial charge in [-0.2, -0.15) is 0 Å². The summed E-state index contributed by atoms with van der Waals surface area (Å²) in [5.41, 5.74) is 0.643. The lowest BCUT2D eigenvalue weighted by Gasteiger charge is -2.09. The van der Waals surface area contributed by atoms with Gasteiger partial charge in [0, 0.05) is 5.56 Å². The van der Waals surface area contributed by atoms with E-state index in [4.69, 9.17) is 4.74 Å². The van der Waals surface area contributed by atoms with Crippen LogP contribution in [0.4, 0.5) is 0 Å². The van der Waals surface area contributed by atoms with Crippen LogP contribution in [-0.2, 0) is 0 Å². The number of carbonyl (C=O) groups excluding carboxylic acids is 1. The van der Waals surface area contributed by atoms with Crippen LogP contribution >= 0.6 is 0 Å². The average molecular weight is 237 g/mol. The van der Waals surface area contributed by atoms with Crippen LogP contribution in [0.1, 0.15) is 17.3 Å². The molecule has 1 amide bonds. The monoisotopic (exact) mass is 237 g/mol. The van der Waals surface area contributed by atoms with Crippen molar-refractivity contribution < 1.29 is 14.4 Å². The van der Waals surface area contributed by atoms with Gasteiger partial charge in [-0.15, -0.1) is 0 Å². The fourth-order valence-electron chi connectivity index (χ4n) is 1.42. The number of ether oxygens (including phenoxy) is 1. The summed E-state index contributed by atoms with van der Waals surface area (Å²) < 4.78 is 5.36. The van der Waals surface area contributed by atoms with Crippen LogP contribution in [-0.4, -0.2) is 39.7 Å². The molecule has 0 saturated heterocycles. The van der Waals surface area contributed by atoms with Crippen molar-refractivity contribution in [3.8, 4) is 5.75 Å². The van der Waals surface area contributed by atoms with Crippen LogP contribution in [0.15, 0.2) is 24.3 Å². The van der Waals surface area contributed by atoms with Crippen molar-refractivity contribution in [3.05, 3.63) is 29.8 Å². The minimum atomic E-state index is -0.0483. The van der Waals surface area contributed by atoms with Crippen LogP contribution in [0.3, 0.4) is 0 Å². The molecule has 0 aliphatic carbocycles. The van der Waals surface area contributed by atoms with Gasteiger partial charge in [0.2, 0.25) is 0 Å². The van der Waals surface area contributed by atoms with Crippen molar-refractivity contribution in [1.29, 1.82) is 0 Å². The molecule has 1 aromatic carbocycles. The first-order valence-corrected chi connectivity index (χ1v) is 5.93. The summed E-state index contributed by atoms with van der Waals surface area (Å²) in [5.74, 6) is 0.686. The summed E-state index contributed by atoms with van der Waals surface area (Å²) in [6, 6.07) is 7.24. The SMILES string of the molecule is CCOc1cccc(C(=O)NCC[NH+](C)C)c1. The molecule has 1 aromatic rings. The highest BCUT2D eigenvalue weighted by Crippen LogP contribution is 2.12. The Morgan fingerprint density at radius 2 is 2.18 bits per heavy atom. The predicted molar refractivity (Wildman–Crippen MR) is 67.6 cm³/mol. The minimum absolute atomic E-state index is 0.0483. The second kappa shape index (κ2) is 6.91. The Balaban J connectivity index is 2.53. The molecular formula is C13H21N2O2+. The fraction of sp³-hybridized carbons (Fsp3) is 0.462. The van der Waals surface area contributed by atoms with E-state index in [2.05, 4.69) is 19.4 Å². The number of rotatable bonds is 6. The molecule has 4 nitrogen and oxygen atoms in total. The van der Waals surface area contributed by atoms with Crippen molar-refractivity contribution in [3.63, 3.8) is 0 Å². The topological polar surface area (TPSA) is 42.8 Å². The first-order chi connectivity index (χ1) is 8.13. The number of carbonyl (C=O) groups is 1. The molecule has 0 bridgehead atoms. The van der Waals surface area contributed by atoms with E-state index in [1.54, 1.807) is 12.1 Å². The highest BCUT2D eigenvalue weighted by atomic mass is 16.5. The number of hydrogen-bond acceptors (Lipinski definition) is 2. The van der Waals surface area contributed by atoms with Gasteiger partial charge < -0.3 is 15.0 Å². The Morgan fingerprint density at radius 1 is 1.41 bits per heavy atom. The highest BCUT2D eigenvalue weighted by Gasteiger charge is 2.06. The zero-order valence-corrected chi connectivity index (χ0v) is 10.7. The van der Waals surface area contributed by atoms with Crippen LogP contribution in [0.2, 0.25) is 0 Å². The van der Waals surface area contributed by atoms with Crippen molar-refractivity contribution in [2.45, 2.75) is 6.92 Å². The molecule has 0 aliphatic rings. The van der Waals surface area contributed by atoms with Gasteiger partial charge in [-0.1, -0.05) is 6.07 Å². The molecule has 4 heteroatoms. The molecule has 1 rings (SSSR count). The van der Waals surface area contributed by atoms with E-state index in [0.717, 1.165) is 12.3 Å². The normalized spacial score (nSPS) is 10.4. The molecule has 94 valence electrons. The predicted octanol–water partition coefficient (Wildman–Crippen LogP) is -0.0404. The molecule has 17 heavy (non-hydrogen) atoms. The molecule has 0 aromatic heterocycles. The third-order valence-electron chi connectivity index (χ3n) is 2.32. The second-order valence-corrected chi connectivity index (χ2v) is 4.17. The van der Waals surface area contributed by atoms with E-state index in [1.165, 1.54) is 4.90 Å². The first-order valence-electron chi connectivity index (χ1n) is 5.93. The van der Waals surface area contributed by atoms with Gasteiger partial charge in [-0.25, -0.2) is 0 Å². The molecule has 0 spiro atoms. The van der Waals surface area contributed by atoms with Crippen LogP contribution in [0, 0.1) is 0 Å². The molecule has 0 heterocycles. The Bertz CT molecular complexity index is 364. The highest BCUT2D eigenvalue weighted by molar-refractivity contribution is 5.94. The summed E-state index contributed by atoms with van der Waals surface area (Å²) in [6.07, 6.45) is 0. The quantitative estimate of drug-likeness (QED) is 0.729. The van der Waals surface area contributed by atoms with E-state index in [9.17, 15) is 4.79 Å². The molecule has 2 N–H and O–H groups in total. The maximum absolute atomic E-state index is 11.8. The van der Waals surface area contributed by atoms with Crippen LogP contribution in [0.5, 0.6) is 5.75 Å². The summed E-state index contributed by atoms with van der Waals surface area (Å²) >= 11 is 0. The lowest BCUT2D eigenvalue weighted by atomic mass is 10.2. The third-order valence-corrected chi connectivity index (χ3v) is 2.32. The van der Waals surface area contributed by atoms with E-state index in [-0.39, 0.29) is 5.91 Å². The zero-order valence-electron chi connectivity index (χ0n) is 10.7. The van der Waals surface area contributed by atoms with Crippen molar-refractivity contribution in [2.75, 3.05) is 33.8 Å². The van der Waals surface area contributed by atoms with Gasteiger partial charge in [-0.3, -0.25) is 4.79 Å². The number of likely N-dealkylation sites (N-methyl/N-ethyl adjacent to an activating group) is 1. The number of hydrogen-bond donors (Lipinski definition) is 2. The number of amides is 1. The van der Waals surface area contributed by atoms with Gasteiger partial charge in [-0.05, 0) is 25.1 Å². The molecule has 0 unspecified atom stereocenters. The molecule has 0 atom stereocenters. The molecular weight excluding hydrogens is 216 g/mol. The molecule has 0 aliphatic heterocycles. The van der Waals surface area contributed by atoms with Crippen LogP contribution in [0.25, 0.3) is 0 Å². The molecule has 0 fully saturated rings. The van der Waals surface area contributed by atoms with E-state index in [0.29, 0.717) is 18.7 Å².